The molecule has 0 saturated carbocycles. The highest BCUT2D eigenvalue weighted by Crippen LogP contribution is 2.07. The number of rotatable bonds is 4. The van der Waals surface area contributed by atoms with Crippen molar-refractivity contribution in [3.8, 4) is 0 Å². The summed E-state index contributed by atoms with van der Waals surface area (Å²) in [7, 11) is 0. The topological polar surface area (TPSA) is 67.2 Å². The lowest BCUT2D eigenvalue weighted by atomic mass is 10.2. The molecule has 1 aromatic rings. The number of aryl methyl sites for hydroxylation is 1. The molecule has 0 aliphatic heterocycles. The molecule has 0 fully saturated rings. The average Bonchev–Trinajstić information content (AvgIpc) is 2.22. The molecule has 1 rings (SSSR count). The summed E-state index contributed by atoms with van der Waals surface area (Å²) in [6.45, 7) is 3.20. The average molecular weight is 244 g/mol. The van der Waals surface area contributed by atoms with Crippen LogP contribution in [0.25, 0.3) is 0 Å². The van der Waals surface area contributed by atoms with Crippen molar-refractivity contribution in [2.75, 3.05) is 18.4 Å². The van der Waals surface area contributed by atoms with Crippen LogP contribution < -0.4 is 16.4 Å². The second-order valence-electron chi connectivity index (χ2n) is 3.39. The second kappa shape index (κ2) is 7.96. The standard InChI is InChI=1S/C11H17N3O.ClH/c1-9-3-5-10(6-4-9)14-11(15)13-8-2-7-12;/h3-6H,2,7-8,12H2,1H3,(H2,13,14,15);1H. The molecule has 0 bridgehead atoms. The van der Waals surface area contributed by atoms with Gasteiger partial charge in [-0.25, -0.2) is 4.79 Å². The second-order valence-corrected chi connectivity index (χ2v) is 3.39. The van der Waals surface area contributed by atoms with E-state index >= 15 is 0 Å². The van der Waals surface area contributed by atoms with Crippen molar-refractivity contribution in [2.24, 2.45) is 5.73 Å². The zero-order valence-electron chi connectivity index (χ0n) is 9.32. The summed E-state index contributed by atoms with van der Waals surface area (Å²) < 4.78 is 0. The Kier molecular flexibility index (Phi) is 7.33. The normalized spacial score (nSPS) is 9.12. The molecule has 4 nitrogen and oxygen atoms in total. The molecule has 0 radical (unpaired) electrons. The Hall–Kier alpha value is -1.26. The van der Waals surface area contributed by atoms with E-state index in [4.69, 9.17) is 5.73 Å². The maximum absolute atomic E-state index is 11.3. The Labute approximate surface area is 102 Å². The number of benzene rings is 1. The molecule has 2 amide bonds. The van der Waals surface area contributed by atoms with Gasteiger partial charge in [0.15, 0.2) is 0 Å². The molecule has 0 saturated heterocycles. The molecule has 0 aliphatic carbocycles. The predicted octanol–water partition coefficient (Wildman–Crippen LogP) is 1.89. The number of anilines is 1. The molecular formula is C11H18ClN3O. The van der Waals surface area contributed by atoms with Gasteiger partial charge in [0.25, 0.3) is 0 Å². The summed E-state index contributed by atoms with van der Waals surface area (Å²) in [4.78, 5) is 11.3. The Balaban J connectivity index is 0.00000225. The van der Waals surface area contributed by atoms with Crippen molar-refractivity contribution in [1.29, 1.82) is 0 Å². The van der Waals surface area contributed by atoms with E-state index in [2.05, 4.69) is 10.6 Å². The highest BCUT2D eigenvalue weighted by molar-refractivity contribution is 5.89. The number of urea groups is 1. The van der Waals surface area contributed by atoms with Crippen LogP contribution in [0.2, 0.25) is 0 Å². The van der Waals surface area contributed by atoms with Gasteiger partial charge in [-0.3, -0.25) is 0 Å². The first-order valence-electron chi connectivity index (χ1n) is 5.04. The van der Waals surface area contributed by atoms with Crippen LogP contribution >= 0.6 is 12.4 Å². The van der Waals surface area contributed by atoms with Gasteiger partial charge in [-0.15, -0.1) is 12.4 Å². The first-order valence-corrected chi connectivity index (χ1v) is 5.04. The maximum atomic E-state index is 11.3. The fourth-order valence-corrected chi connectivity index (χ4v) is 1.12. The number of carbonyl (C=O) groups is 1. The molecule has 4 N–H and O–H groups in total. The van der Waals surface area contributed by atoms with E-state index in [0.717, 1.165) is 12.1 Å². The number of amides is 2. The van der Waals surface area contributed by atoms with Crippen molar-refractivity contribution < 1.29 is 4.79 Å². The highest BCUT2D eigenvalue weighted by Gasteiger charge is 1.99. The maximum Gasteiger partial charge on any atom is 0.319 e. The molecule has 0 atom stereocenters. The van der Waals surface area contributed by atoms with Crippen molar-refractivity contribution in [1.82, 2.24) is 5.32 Å². The lowest BCUT2D eigenvalue weighted by Gasteiger charge is -2.06. The first kappa shape index (κ1) is 14.7. The van der Waals surface area contributed by atoms with E-state index in [1.54, 1.807) is 0 Å². The minimum Gasteiger partial charge on any atom is -0.338 e. The number of carbonyl (C=O) groups excluding carboxylic acids is 1. The molecule has 0 aromatic heterocycles. The number of halogens is 1. The number of hydrogen-bond acceptors (Lipinski definition) is 2. The number of hydrogen-bond donors (Lipinski definition) is 3. The minimum absolute atomic E-state index is 0. The molecule has 1 aromatic carbocycles. The SMILES string of the molecule is Cc1ccc(NC(=O)NCCCN)cc1.Cl. The fraction of sp³-hybridized carbons (Fsp3) is 0.364. The van der Waals surface area contributed by atoms with Gasteiger partial charge in [0.1, 0.15) is 0 Å². The summed E-state index contributed by atoms with van der Waals surface area (Å²) in [5.41, 5.74) is 7.28. The Bertz CT molecular complexity index is 314. The largest absolute Gasteiger partial charge is 0.338 e. The van der Waals surface area contributed by atoms with Crippen LogP contribution in [-0.4, -0.2) is 19.1 Å². The van der Waals surface area contributed by atoms with Gasteiger partial charge in [0.05, 0.1) is 0 Å². The lowest BCUT2D eigenvalue weighted by Crippen LogP contribution is -2.30. The van der Waals surface area contributed by atoms with E-state index in [1.807, 2.05) is 31.2 Å². The monoisotopic (exact) mass is 243 g/mol. The Morgan fingerprint density at radius 3 is 2.50 bits per heavy atom. The van der Waals surface area contributed by atoms with Gasteiger partial charge in [0.2, 0.25) is 0 Å². The van der Waals surface area contributed by atoms with Gasteiger partial charge in [-0.05, 0) is 32.0 Å². The van der Waals surface area contributed by atoms with E-state index in [1.165, 1.54) is 5.56 Å². The third kappa shape index (κ3) is 5.58. The van der Waals surface area contributed by atoms with Crippen molar-refractivity contribution in [3.63, 3.8) is 0 Å². The quantitative estimate of drug-likeness (QED) is 0.707. The predicted molar refractivity (Wildman–Crippen MR) is 69.1 cm³/mol. The minimum atomic E-state index is -0.188. The van der Waals surface area contributed by atoms with Crippen LogP contribution in [0.4, 0.5) is 10.5 Å². The van der Waals surface area contributed by atoms with Gasteiger partial charge in [-0.1, -0.05) is 17.7 Å². The Morgan fingerprint density at radius 1 is 1.31 bits per heavy atom. The zero-order valence-corrected chi connectivity index (χ0v) is 10.1. The van der Waals surface area contributed by atoms with Crippen molar-refractivity contribution >= 4 is 24.1 Å². The van der Waals surface area contributed by atoms with Gasteiger partial charge >= 0.3 is 6.03 Å². The van der Waals surface area contributed by atoms with Crippen LogP contribution in [-0.2, 0) is 0 Å². The van der Waals surface area contributed by atoms with Crippen LogP contribution in [0.3, 0.4) is 0 Å². The van der Waals surface area contributed by atoms with E-state index in [0.29, 0.717) is 13.1 Å². The van der Waals surface area contributed by atoms with Gasteiger partial charge in [0, 0.05) is 12.2 Å². The summed E-state index contributed by atoms with van der Waals surface area (Å²) in [6, 6.07) is 7.47. The van der Waals surface area contributed by atoms with Crippen LogP contribution in [0.15, 0.2) is 24.3 Å². The molecule has 5 heteroatoms. The molecular weight excluding hydrogens is 226 g/mol. The summed E-state index contributed by atoms with van der Waals surface area (Å²) >= 11 is 0. The molecule has 0 spiro atoms. The first-order chi connectivity index (χ1) is 7.22. The Morgan fingerprint density at radius 2 is 1.94 bits per heavy atom. The summed E-state index contributed by atoms with van der Waals surface area (Å²) in [5, 5.41) is 5.45. The molecule has 0 heterocycles. The molecule has 0 unspecified atom stereocenters. The molecule has 0 aliphatic rings. The third-order valence-corrected chi connectivity index (χ3v) is 1.98. The van der Waals surface area contributed by atoms with Crippen LogP contribution in [0.1, 0.15) is 12.0 Å². The molecule has 90 valence electrons. The molecule has 16 heavy (non-hydrogen) atoms. The van der Waals surface area contributed by atoms with Crippen molar-refractivity contribution in [2.45, 2.75) is 13.3 Å². The van der Waals surface area contributed by atoms with E-state index in [9.17, 15) is 4.79 Å². The summed E-state index contributed by atoms with van der Waals surface area (Å²) in [5.74, 6) is 0. The lowest BCUT2D eigenvalue weighted by molar-refractivity contribution is 0.252. The van der Waals surface area contributed by atoms with E-state index < -0.39 is 0 Å². The summed E-state index contributed by atoms with van der Waals surface area (Å²) in [6.07, 6.45) is 0.793. The van der Waals surface area contributed by atoms with Crippen LogP contribution in [0.5, 0.6) is 0 Å². The van der Waals surface area contributed by atoms with Crippen LogP contribution in [0, 0.1) is 6.92 Å². The third-order valence-electron chi connectivity index (χ3n) is 1.98. The smallest absolute Gasteiger partial charge is 0.319 e. The van der Waals surface area contributed by atoms with Gasteiger partial charge in [-0.2, -0.15) is 0 Å². The zero-order chi connectivity index (χ0) is 11.1. The van der Waals surface area contributed by atoms with Crippen molar-refractivity contribution in [3.05, 3.63) is 29.8 Å². The number of nitrogens with one attached hydrogen (secondary N) is 2. The number of nitrogens with two attached hydrogens (primary N) is 1. The van der Waals surface area contributed by atoms with E-state index in [-0.39, 0.29) is 18.4 Å². The van der Waals surface area contributed by atoms with Gasteiger partial charge < -0.3 is 16.4 Å². The fourth-order valence-electron chi connectivity index (χ4n) is 1.12. The highest BCUT2D eigenvalue weighted by atomic mass is 35.5.